The van der Waals surface area contributed by atoms with Crippen LogP contribution in [0.5, 0.6) is 0 Å². The Hall–Kier alpha value is -1.28. The first-order valence-corrected chi connectivity index (χ1v) is 7.26. The zero-order valence-electron chi connectivity index (χ0n) is 10.1. The molecule has 0 aliphatic rings. The van der Waals surface area contributed by atoms with E-state index in [1.807, 2.05) is 11.4 Å². The summed E-state index contributed by atoms with van der Waals surface area (Å²) in [6.07, 6.45) is -3.12. The fourth-order valence-corrected chi connectivity index (χ4v) is 3.09. The lowest BCUT2D eigenvalue weighted by molar-refractivity contribution is -0.140. The van der Waals surface area contributed by atoms with Crippen LogP contribution in [0.4, 0.5) is 13.2 Å². The minimum absolute atomic E-state index is 0.00463. The monoisotopic (exact) mass is 366 g/mol. The highest BCUT2D eigenvalue weighted by atomic mass is 79.9. The van der Waals surface area contributed by atoms with Gasteiger partial charge in [-0.05, 0) is 39.5 Å². The van der Waals surface area contributed by atoms with Crippen molar-refractivity contribution in [2.75, 3.05) is 0 Å². The predicted octanol–water partition coefficient (Wildman–Crippen LogP) is 3.80. The fraction of sp³-hybridized carbons (Fsp3) is 0.250. The molecule has 8 heteroatoms. The maximum Gasteiger partial charge on any atom is 0.406 e. The molecule has 0 fully saturated rings. The fourth-order valence-electron chi connectivity index (χ4n) is 1.65. The molecule has 0 saturated carbocycles. The smallest absolute Gasteiger partial charge is 0.346 e. The molecule has 0 bridgehead atoms. The van der Waals surface area contributed by atoms with E-state index in [1.54, 1.807) is 0 Å². The first-order chi connectivity index (χ1) is 9.37. The standard InChI is InChI=1S/C12H10BrF3N2OS/c13-8-3-5-20-10(8)6-17-11(19)9-2-1-4-18(9)7-12(14,15)16/h1-5H,6-7H2,(H,17,19). The molecule has 0 aliphatic carbocycles. The number of carbonyl (C=O) groups excluding carboxylic acids is 1. The number of nitrogens with zero attached hydrogens (tertiary/aromatic N) is 1. The average molecular weight is 367 g/mol. The van der Waals surface area contributed by atoms with Gasteiger partial charge in [-0.2, -0.15) is 13.2 Å². The van der Waals surface area contributed by atoms with Crippen molar-refractivity contribution in [3.05, 3.63) is 44.8 Å². The van der Waals surface area contributed by atoms with Crippen molar-refractivity contribution in [2.45, 2.75) is 19.3 Å². The summed E-state index contributed by atoms with van der Waals surface area (Å²) in [5, 5.41) is 4.47. The number of carbonyl (C=O) groups is 1. The quantitative estimate of drug-likeness (QED) is 0.876. The van der Waals surface area contributed by atoms with Gasteiger partial charge in [-0.15, -0.1) is 11.3 Å². The van der Waals surface area contributed by atoms with Crippen LogP contribution in [0.1, 0.15) is 15.4 Å². The van der Waals surface area contributed by atoms with Crippen LogP contribution < -0.4 is 5.32 Å². The van der Waals surface area contributed by atoms with E-state index >= 15 is 0 Å². The molecule has 20 heavy (non-hydrogen) atoms. The van der Waals surface area contributed by atoms with E-state index in [4.69, 9.17) is 0 Å². The first kappa shape index (κ1) is 15.1. The van der Waals surface area contributed by atoms with E-state index in [-0.39, 0.29) is 12.2 Å². The summed E-state index contributed by atoms with van der Waals surface area (Å²) in [6.45, 7) is -0.903. The molecular formula is C12H10BrF3N2OS. The van der Waals surface area contributed by atoms with E-state index in [0.29, 0.717) is 0 Å². The van der Waals surface area contributed by atoms with Crippen LogP contribution in [0.2, 0.25) is 0 Å². The normalized spacial score (nSPS) is 11.6. The summed E-state index contributed by atoms with van der Waals surface area (Å²) in [5.74, 6) is -0.528. The van der Waals surface area contributed by atoms with Crippen LogP contribution >= 0.6 is 27.3 Å². The third-order valence-electron chi connectivity index (χ3n) is 2.51. The molecule has 0 unspecified atom stereocenters. The van der Waals surface area contributed by atoms with Crippen LogP contribution in [0, 0.1) is 0 Å². The van der Waals surface area contributed by atoms with Crippen LogP contribution in [-0.4, -0.2) is 16.7 Å². The van der Waals surface area contributed by atoms with E-state index in [0.717, 1.165) is 13.9 Å². The van der Waals surface area contributed by atoms with E-state index in [9.17, 15) is 18.0 Å². The Bertz CT molecular complexity index is 606. The minimum Gasteiger partial charge on any atom is -0.346 e. The molecule has 0 atom stereocenters. The molecule has 1 amide bonds. The summed E-state index contributed by atoms with van der Waals surface area (Å²) in [5.41, 5.74) is -0.00463. The Morgan fingerprint density at radius 1 is 1.40 bits per heavy atom. The molecule has 108 valence electrons. The van der Waals surface area contributed by atoms with E-state index < -0.39 is 18.6 Å². The van der Waals surface area contributed by atoms with Crippen LogP contribution in [0.15, 0.2) is 34.2 Å². The maximum absolute atomic E-state index is 12.4. The van der Waals surface area contributed by atoms with Gasteiger partial charge in [0.1, 0.15) is 12.2 Å². The molecule has 0 radical (unpaired) electrons. The van der Waals surface area contributed by atoms with Gasteiger partial charge >= 0.3 is 6.18 Å². The zero-order valence-corrected chi connectivity index (χ0v) is 12.5. The zero-order chi connectivity index (χ0) is 14.8. The highest BCUT2D eigenvalue weighted by Crippen LogP contribution is 2.22. The van der Waals surface area contributed by atoms with Crippen LogP contribution in [0.3, 0.4) is 0 Å². The molecule has 0 spiro atoms. The number of amides is 1. The van der Waals surface area contributed by atoms with Gasteiger partial charge in [0.2, 0.25) is 0 Å². The van der Waals surface area contributed by atoms with Gasteiger partial charge in [-0.3, -0.25) is 4.79 Å². The topological polar surface area (TPSA) is 34.0 Å². The van der Waals surface area contributed by atoms with E-state index in [1.165, 1.54) is 29.7 Å². The molecule has 0 saturated heterocycles. The molecule has 0 aliphatic heterocycles. The number of thiophene rings is 1. The number of halogens is 4. The second-order valence-electron chi connectivity index (χ2n) is 4.01. The molecule has 3 nitrogen and oxygen atoms in total. The van der Waals surface area contributed by atoms with Crippen molar-refractivity contribution in [2.24, 2.45) is 0 Å². The molecular weight excluding hydrogens is 357 g/mol. The van der Waals surface area contributed by atoms with E-state index in [2.05, 4.69) is 21.2 Å². The SMILES string of the molecule is O=C(NCc1sccc1Br)c1cccn1CC(F)(F)F. The molecule has 2 aromatic rings. The van der Waals surface area contributed by atoms with Gasteiger partial charge in [0.15, 0.2) is 0 Å². The maximum atomic E-state index is 12.4. The lowest BCUT2D eigenvalue weighted by Crippen LogP contribution is -2.27. The predicted molar refractivity (Wildman–Crippen MR) is 73.7 cm³/mol. The lowest BCUT2D eigenvalue weighted by atomic mass is 10.3. The number of aromatic nitrogens is 1. The van der Waals surface area contributed by atoms with Gasteiger partial charge in [-0.25, -0.2) is 0 Å². The summed E-state index contributed by atoms with van der Waals surface area (Å²) >= 11 is 4.78. The van der Waals surface area contributed by atoms with Crippen LogP contribution in [-0.2, 0) is 13.1 Å². The van der Waals surface area contributed by atoms with Crippen molar-refractivity contribution < 1.29 is 18.0 Å². The molecule has 0 aromatic carbocycles. The van der Waals surface area contributed by atoms with Gasteiger partial charge in [-0.1, -0.05) is 0 Å². The van der Waals surface area contributed by atoms with Crippen molar-refractivity contribution in [1.82, 2.24) is 9.88 Å². The Morgan fingerprint density at radius 2 is 2.15 bits per heavy atom. The lowest BCUT2D eigenvalue weighted by Gasteiger charge is -2.11. The summed E-state index contributed by atoms with van der Waals surface area (Å²) < 4.78 is 38.9. The van der Waals surface area contributed by atoms with Gasteiger partial charge in [0.25, 0.3) is 5.91 Å². The van der Waals surface area contributed by atoms with Crippen molar-refractivity contribution >= 4 is 33.2 Å². The average Bonchev–Trinajstić information content (AvgIpc) is 2.93. The highest BCUT2D eigenvalue weighted by Gasteiger charge is 2.29. The first-order valence-electron chi connectivity index (χ1n) is 5.59. The van der Waals surface area contributed by atoms with Gasteiger partial charge < -0.3 is 9.88 Å². The Morgan fingerprint density at radius 3 is 2.75 bits per heavy atom. The minimum atomic E-state index is -4.36. The molecule has 2 heterocycles. The number of hydrogen-bond donors (Lipinski definition) is 1. The third-order valence-corrected chi connectivity index (χ3v) is 4.44. The van der Waals surface area contributed by atoms with Crippen molar-refractivity contribution in [3.63, 3.8) is 0 Å². The number of nitrogens with one attached hydrogen (secondary N) is 1. The second kappa shape index (κ2) is 6.01. The van der Waals surface area contributed by atoms with Gasteiger partial charge in [0, 0.05) is 15.5 Å². The molecule has 2 rings (SSSR count). The summed E-state index contributed by atoms with van der Waals surface area (Å²) in [4.78, 5) is 12.8. The second-order valence-corrected chi connectivity index (χ2v) is 5.87. The molecule has 2 aromatic heterocycles. The van der Waals surface area contributed by atoms with Crippen molar-refractivity contribution in [1.29, 1.82) is 0 Å². The number of hydrogen-bond acceptors (Lipinski definition) is 2. The number of alkyl halides is 3. The largest absolute Gasteiger partial charge is 0.406 e. The van der Waals surface area contributed by atoms with Crippen molar-refractivity contribution in [3.8, 4) is 0 Å². The Labute approximate surface area is 125 Å². The van der Waals surface area contributed by atoms with Crippen LogP contribution in [0.25, 0.3) is 0 Å². The molecule has 1 N–H and O–H groups in total. The Kier molecular flexibility index (Phi) is 4.54. The highest BCUT2D eigenvalue weighted by molar-refractivity contribution is 9.10. The van der Waals surface area contributed by atoms with Gasteiger partial charge in [0.05, 0.1) is 6.54 Å². The summed E-state index contributed by atoms with van der Waals surface area (Å²) in [6, 6.07) is 4.63. The number of rotatable bonds is 4. The Balaban J connectivity index is 2.03. The summed E-state index contributed by atoms with van der Waals surface area (Å²) in [7, 11) is 0. The third kappa shape index (κ3) is 3.86.